The van der Waals surface area contributed by atoms with Crippen LogP contribution in [-0.4, -0.2) is 82.0 Å². The second-order valence-electron chi connectivity index (χ2n) is 16.8. The van der Waals surface area contributed by atoms with Crippen molar-refractivity contribution in [1.82, 2.24) is 24.6 Å². The quantitative estimate of drug-likeness (QED) is 0.113. The first-order valence-electron chi connectivity index (χ1n) is 20.6. The molecule has 2 aromatic heterocycles. The molecule has 1 aliphatic carbocycles. The largest absolute Gasteiger partial charge is 0.486 e. The maximum atomic E-state index is 16.4. The van der Waals surface area contributed by atoms with Crippen LogP contribution in [-0.2, 0) is 20.8 Å². The average molecular weight is 806 g/mol. The number of nitrogens with zero attached hydrogens (tertiary/aromatic N) is 5. The molecule has 0 radical (unpaired) electrons. The number of aromatic nitrogens is 4. The summed E-state index contributed by atoms with van der Waals surface area (Å²) in [5, 5.41) is 6.21. The molecule has 1 unspecified atom stereocenters. The van der Waals surface area contributed by atoms with Crippen LogP contribution in [0, 0.1) is 25.1 Å². The summed E-state index contributed by atoms with van der Waals surface area (Å²) in [4.78, 5) is 24.5. The zero-order valence-corrected chi connectivity index (χ0v) is 34.7. The van der Waals surface area contributed by atoms with Gasteiger partial charge in [0.2, 0.25) is 5.88 Å². The Morgan fingerprint density at radius 1 is 1.05 bits per heavy atom. The molecule has 2 saturated heterocycles. The Morgan fingerprint density at radius 2 is 1.85 bits per heavy atom. The fourth-order valence-electron chi connectivity index (χ4n) is 7.79. The molecule has 3 fully saturated rings. The summed E-state index contributed by atoms with van der Waals surface area (Å²) < 4.78 is 55.4. The van der Waals surface area contributed by atoms with Crippen molar-refractivity contribution < 1.29 is 37.6 Å². The van der Waals surface area contributed by atoms with Crippen LogP contribution < -0.4 is 14.2 Å². The molecule has 3 aromatic carbocycles. The molecule has 4 heterocycles. The third kappa shape index (κ3) is 8.66. The van der Waals surface area contributed by atoms with Crippen LogP contribution >= 0.6 is 0 Å². The number of halogens is 1. The fraction of sp³-hybridized carbons (Fsp3) is 0.478. The lowest BCUT2D eigenvalue weighted by Crippen LogP contribution is -2.36. The van der Waals surface area contributed by atoms with Crippen molar-refractivity contribution in [3.05, 3.63) is 70.7 Å². The van der Waals surface area contributed by atoms with Crippen LogP contribution in [0.15, 0.2) is 42.6 Å². The van der Waals surface area contributed by atoms with E-state index in [1.165, 1.54) is 0 Å². The van der Waals surface area contributed by atoms with Gasteiger partial charge in [-0.1, -0.05) is 18.1 Å². The van der Waals surface area contributed by atoms with E-state index >= 15 is 4.39 Å². The summed E-state index contributed by atoms with van der Waals surface area (Å²) in [5.74, 6) is 3.22. The summed E-state index contributed by atoms with van der Waals surface area (Å²) in [6.07, 6.45) is 11.4. The maximum absolute atomic E-state index is 16.4. The van der Waals surface area contributed by atoms with Crippen LogP contribution in [0.3, 0.4) is 0 Å². The number of amides is 1. The highest BCUT2D eigenvalue weighted by atomic mass is 19.1. The Morgan fingerprint density at radius 3 is 2.54 bits per heavy atom. The van der Waals surface area contributed by atoms with E-state index in [2.05, 4.69) is 12.0 Å². The van der Waals surface area contributed by atoms with Gasteiger partial charge in [-0.2, -0.15) is 15.1 Å². The topological polar surface area (TPSA) is 119 Å². The number of fused-ring (bicyclic) bond motifs is 2. The van der Waals surface area contributed by atoms with Gasteiger partial charge in [0.05, 0.1) is 29.7 Å². The monoisotopic (exact) mass is 805 g/mol. The highest BCUT2D eigenvalue weighted by Crippen LogP contribution is 2.53. The molecule has 3 atom stereocenters. The van der Waals surface area contributed by atoms with Crippen LogP contribution in [0.1, 0.15) is 101 Å². The molecule has 0 spiro atoms. The maximum Gasteiger partial charge on any atom is 0.410 e. The molecule has 13 heteroatoms. The zero-order chi connectivity index (χ0) is 41.4. The molecule has 1 saturated carbocycles. The van der Waals surface area contributed by atoms with Crippen molar-refractivity contribution in [2.24, 2.45) is 0 Å². The molecular formula is C46H52FN5O7. The van der Waals surface area contributed by atoms with Crippen molar-refractivity contribution in [3.8, 4) is 41.1 Å². The normalized spacial score (nSPS) is 18.8. The third-order valence-corrected chi connectivity index (χ3v) is 11.1. The molecule has 0 bridgehead atoms. The second-order valence-corrected chi connectivity index (χ2v) is 16.8. The number of terminal acetylenes is 1. The fourth-order valence-corrected chi connectivity index (χ4v) is 7.79. The van der Waals surface area contributed by atoms with Gasteiger partial charge in [0, 0.05) is 54.8 Å². The minimum absolute atomic E-state index is 0.0649. The molecule has 3 aliphatic rings. The molecular weight excluding hydrogens is 754 g/mol. The Balaban J connectivity index is 1.32. The van der Waals surface area contributed by atoms with Gasteiger partial charge in [0.1, 0.15) is 36.3 Å². The van der Waals surface area contributed by atoms with Crippen LogP contribution in [0.4, 0.5) is 9.18 Å². The van der Waals surface area contributed by atoms with Crippen molar-refractivity contribution in [2.45, 2.75) is 110 Å². The lowest BCUT2D eigenvalue weighted by molar-refractivity contribution is -0.0366. The molecule has 2 aliphatic heterocycles. The van der Waals surface area contributed by atoms with Crippen molar-refractivity contribution in [3.63, 3.8) is 0 Å². The van der Waals surface area contributed by atoms with Gasteiger partial charge in [-0.25, -0.2) is 13.9 Å². The van der Waals surface area contributed by atoms with E-state index in [0.717, 1.165) is 59.7 Å². The van der Waals surface area contributed by atoms with Crippen LogP contribution in [0.25, 0.3) is 32.9 Å². The van der Waals surface area contributed by atoms with E-state index in [4.69, 9.17) is 49.9 Å². The highest BCUT2D eigenvalue weighted by Gasteiger charge is 2.36. The predicted molar refractivity (Wildman–Crippen MR) is 221 cm³/mol. The molecule has 0 N–H and O–H groups in total. The van der Waals surface area contributed by atoms with E-state index < -0.39 is 11.7 Å². The Hall–Kier alpha value is -5.45. The van der Waals surface area contributed by atoms with Crippen LogP contribution in [0.2, 0.25) is 0 Å². The highest BCUT2D eigenvalue weighted by molar-refractivity contribution is 6.05. The van der Waals surface area contributed by atoms with Gasteiger partial charge >= 0.3 is 12.1 Å². The molecule has 59 heavy (non-hydrogen) atoms. The number of hydrogen-bond donors (Lipinski definition) is 0. The summed E-state index contributed by atoms with van der Waals surface area (Å²) in [5.41, 5.74) is 4.96. The van der Waals surface area contributed by atoms with Gasteiger partial charge < -0.3 is 33.3 Å². The van der Waals surface area contributed by atoms with E-state index in [0.29, 0.717) is 65.3 Å². The first kappa shape index (κ1) is 40.3. The minimum Gasteiger partial charge on any atom is -0.486 e. The Bertz CT molecular complexity index is 2390. The number of benzene rings is 3. The molecule has 5 aromatic rings. The van der Waals surface area contributed by atoms with Gasteiger partial charge in [-0.3, -0.25) is 0 Å². The molecule has 12 nitrogen and oxygen atoms in total. The average Bonchev–Trinajstić information content (AvgIpc) is 3.82. The lowest BCUT2D eigenvalue weighted by Gasteiger charge is -2.25. The number of ether oxygens (including phenoxy) is 6. The summed E-state index contributed by atoms with van der Waals surface area (Å²) in [7, 11) is 1.61. The van der Waals surface area contributed by atoms with Gasteiger partial charge in [-0.05, 0) is 108 Å². The standard InChI is InChI=1S/C46H52FN5O7/c1-8-29-12-14-30(15-13-29)26-56-42-40(39-28(3)36(47)22-37-35(39)23-48-52(37)38-11-9-10-20-55-38)33(31-16-17-31)21-34-41(42)49-44(57-25-27(2)54-7)50-43(34)58-32-18-19-51(24-32)45(53)59-46(4,5)6/h1,12-15,21-23,27,31-32,38H,9-11,16-20,24-26H2,2-7H3/t27-,32-,38?/m0/s1. The third-order valence-electron chi connectivity index (χ3n) is 11.1. The zero-order valence-electron chi connectivity index (χ0n) is 34.7. The summed E-state index contributed by atoms with van der Waals surface area (Å²) >= 11 is 0. The molecule has 1 amide bonds. The van der Waals surface area contributed by atoms with Gasteiger partial charge in [0.25, 0.3) is 0 Å². The molecule has 310 valence electrons. The van der Waals surface area contributed by atoms with E-state index in [9.17, 15) is 4.79 Å². The number of likely N-dealkylation sites (tertiary alicyclic amines) is 1. The number of hydrogen-bond acceptors (Lipinski definition) is 10. The van der Waals surface area contributed by atoms with E-state index in [1.807, 2.05) is 62.8 Å². The first-order valence-corrected chi connectivity index (χ1v) is 20.6. The Kier molecular flexibility index (Phi) is 11.4. The lowest BCUT2D eigenvalue weighted by atomic mass is 9.88. The number of carbonyl (C=O) groups is 1. The minimum atomic E-state index is -0.630. The van der Waals surface area contributed by atoms with Crippen LogP contribution in [0.5, 0.6) is 17.6 Å². The number of methoxy groups -OCH3 is 1. The van der Waals surface area contributed by atoms with Crippen molar-refractivity contribution in [1.29, 1.82) is 0 Å². The smallest absolute Gasteiger partial charge is 0.410 e. The van der Waals surface area contributed by atoms with Crippen molar-refractivity contribution in [2.75, 3.05) is 33.4 Å². The summed E-state index contributed by atoms with van der Waals surface area (Å²) in [6, 6.07) is 11.3. The van der Waals surface area contributed by atoms with Gasteiger partial charge in [-0.15, -0.1) is 6.42 Å². The van der Waals surface area contributed by atoms with Gasteiger partial charge in [0.15, 0.2) is 12.0 Å². The summed E-state index contributed by atoms with van der Waals surface area (Å²) in [6.45, 7) is 11.0. The Labute approximate surface area is 344 Å². The van der Waals surface area contributed by atoms with E-state index in [-0.39, 0.29) is 49.4 Å². The number of carbonyl (C=O) groups excluding carboxylic acids is 1. The first-order chi connectivity index (χ1) is 28.4. The number of rotatable bonds is 12. The second kappa shape index (κ2) is 16.7. The van der Waals surface area contributed by atoms with Crippen molar-refractivity contribution >= 4 is 27.9 Å². The van der Waals surface area contributed by atoms with E-state index in [1.54, 1.807) is 25.0 Å². The molecule has 8 rings (SSSR count). The SMILES string of the molecule is C#Cc1ccc(COc2c(-c3c(C)c(F)cc4c3cnn4C3CCCCO3)c(C3CC3)cc3c(O[C@H]4CCN(C(=O)OC(C)(C)C)C4)nc(OC[C@H](C)OC)nc23)cc1. The predicted octanol–water partition coefficient (Wildman–Crippen LogP) is 9.03.